The topological polar surface area (TPSA) is 334 Å². The molecule has 0 aromatic rings. The molecule has 0 fully saturated rings. The molecule has 0 spiro atoms. The Bertz CT molecular complexity index is 2060. The van der Waals surface area contributed by atoms with Crippen molar-refractivity contribution in [2.24, 2.45) is 0 Å². The first-order chi connectivity index (χ1) is 58.5. The first-order valence-corrected chi connectivity index (χ1v) is 49.3. The number of carbonyl (C=O) groups excluding carboxylic acids is 5. The molecule has 0 saturated carbocycles. The molecule has 0 heterocycles. The second-order valence-electron chi connectivity index (χ2n) is 32.5. The molecule has 7 unspecified atom stereocenters. The van der Waals surface area contributed by atoms with Gasteiger partial charge in [0.05, 0.1) is 45.2 Å². The van der Waals surface area contributed by atoms with Crippen LogP contribution in [0.5, 0.6) is 0 Å². The second-order valence-corrected chi connectivity index (χ2v) is 32.5. The fourth-order valence-electron chi connectivity index (χ4n) is 12.9. The fourth-order valence-corrected chi connectivity index (χ4v) is 12.9. The van der Waals surface area contributed by atoms with Gasteiger partial charge in [0, 0.05) is 51.9 Å². The average Bonchev–Trinajstić information content (AvgIpc) is 1.01. The molecule has 20 nitrogen and oxygen atoms in total. The van der Waals surface area contributed by atoms with E-state index in [1.165, 1.54) is 180 Å². The summed E-state index contributed by atoms with van der Waals surface area (Å²) in [5.74, 6) is -0.951. The number of hydrogen-bond acceptors (Lipinski definition) is 20. The van der Waals surface area contributed by atoms with Crippen LogP contribution in [0.1, 0.15) is 473 Å². The third-order valence-electron chi connectivity index (χ3n) is 21.2. The van der Waals surface area contributed by atoms with Crippen LogP contribution in [0.2, 0.25) is 0 Å². The summed E-state index contributed by atoms with van der Waals surface area (Å²) < 4.78 is 25.7. The summed E-state index contributed by atoms with van der Waals surface area (Å²) in [6.07, 6.45) is 82.0. The van der Waals surface area contributed by atoms with Gasteiger partial charge in [0.25, 0.3) is 0 Å². The van der Waals surface area contributed by atoms with Gasteiger partial charge < -0.3 is 74.7 Å². The van der Waals surface area contributed by atoms with Gasteiger partial charge in [0.1, 0.15) is 30.5 Å². The summed E-state index contributed by atoms with van der Waals surface area (Å²) in [7, 11) is 0. The van der Waals surface area contributed by atoms with Gasteiger partial charge in [0.15, 0.2) is 0 Å². The van der Waals surface area contributed by atoms with E-state index < -0.39 is 12.2 Å². The number of aliphatic hydroxyl groups is 10. The van der Waals surface area contributed by atoms with E-state index in [1.54, 1.807) is 0 Å². The largest absolute Gasteiger partial charge is 0.460 e. The van der Waals surface area contributed by atoms with Crippen LogP contribution < -0.4 is 0 Å². The van der Waals surface area contributed by atoms with Crippen LogP contribution in [-0.4, -0.2) is 176 Å². The van der Waals surface area contributed by atoms with Crippen molar-refractivity contribution in [1.29, 1.82) is 0 Å². The average molecular weight is 1730 g/mol. The molecule has 121 heavy (non-hydrogen) atoms. The summed E-state index contributed by atoms with van der Waals surface area (Å²) in [4.78, 5) is 57.7. The standard InChI is InChI=1S/C20H40O6.2C20H38O4.2C20H38O3.CH4/c1-2-17(16-22)26-20(25)14-10-5-3-4-8-12-18(23)19(24)13-9-6-7-11-15-21;2*1-2-19(18-22)24-20(23)16-14-12-10-8-6-4-3-5-7-9-11-13-15-17-21;2*1-3-5-6-7-8-9-10-11-12-13-14-15-16-17-20(22)23-19(4-2)18-21;/h17-19,21-24H,2-16H2,1H3;2*3,5,19,21-22H,2,4,6-18H2,1H3;2*9-10,19,21H,3-8,11-18H2,1-2H3;1H4/b;5-3+;5-3-;10-9+;10-9-;. The molecule has 10 N–H and O–H groups in total. The Morgan fingerprint density at radius 3 is 0.521 bits per heavy atom. The minimum atomic E-state index is -0.660. The van der Waals surface area contributed by atoms with Gasteiger partial charge in [-0.2, -0.15) is 0 Å². The van der Waals surface area contributed by atoms with E-state index in [0.717, 1.165) is 161 Å². The lowest BCUT2D eigenvalue weighted by Crippen LogP contribution is -2.25. The number of rotatable bonds is 84. The number of aliphatic hydroxyl groups excluding tert-OH is 10. The van der Waals surface area contributed by atoms with Crippen molar-refractivity contribution in [1.82, 2.24) is 0 Å². The Kier molecular flexibility index (Phi) is 116. The lowest BCUT2D eigenvalue weighted by molar-refractivity contribution is -0.152. The molecule has 7 atom stereocenters. The summed E-state index contributed by atoms with van der Waals surface area (Å²) in [5.41, 5.74) is 0. The minimum absolute atomic E-state index is 0. The van der Waals surface area contributed by atoms with Crippen molar-refractivity contribution >= 4 is 29.8 Å². The molecular weight excluding hydrogens is 1530 g/mol. The number of unbranched alkanes of at least 4 members (excludes halogenated alkanes) is 43. The molecule has 0 radical (unpaired) electrons. The highest BCUT2D eigenvalue weighted by molar-refractivity contribution is 5.71. The lowest BCUT2D eigenvalue weighted by Gasteiger charge is -2.17. The Morgan fingerprint density at radius 1 is 0.215 bits per heavy atom. The monoisotopic (exact) mass is 1730 g/mol. The Hall–Kier alpha value is -4.09. The van der Waals surface area contributed by atoms with E-state index in [0.29, 0.717) is 90.3 Å². The summed E-state index contributed by atoms with van der Waals surface area (Å²) in [6, 6.07) is 0. The zero-order valence-electron chi connectivity index (χ0n) is 78.3. The Morgan fingerprint density at radius 2 is 0.364 bits per heavy atom. The summed E-state index contributed by atoms with van der Waals surface area (Å²) in [6.45, 7) is 14.4. The maximum Gasteiger partial charge on any atom is 0.306 e. The van der Waals surface area contributed by atoms with Gasteiger partial charge in [-0.25, -0.2) is 0 Å². The van der Waals surface area contributed by atoms with E-state index >= 15 is 0 Å². The van der Waals surface area contributed by atoms with Crippen LogP contribution in [0, 0.1) is 0 Å². The molecule has 0 bridgehead atoms. The molecule has 0 aliphatic carbocycles. The number of esters is 5. The van der Waals surface area contributed by atoms with E-state index in [1.807, 2.05) is 34.6 Å². The number of hydrogen-bond donors (Lipinski definition) is 10. The molecule has 0 aliphatic rings. The van der Waals surface area contributed by atoms with Gasteiger partial charge in [-0.3, -0.25) is 24.0 Å². The third-order valence-corrected chi connectivity index (χ3v) is 21.2. The normalized spacial score (nSPS) is 13.0. The zero-order valence-corrected chi connectivity index (χ0v) is 78.3. The van der Waals surface area contributed by atoms with Gasteiger partial charge >= 0.3 is 29.8 Å². The highest BCUT2D eigenvalue weighted by atomic mass is 16.6. The number of allylic oxidation sites excluding steroid dienone is 8. The smallest absolute Gasteiger partial charge is 0.306 e. The molecule has 720 valence electrons. The van der Waals surface area contributed by atoms with Crippen LogP contribution in [0.25, 0.3) is 0 Å². The predicted octanol–water partition coefficient (Wildman–Crippen LogP) is 23.5. The predicted molar refractivity (Wildman–Crippen MR) is 501 cm³/mol. The molecule has 0 rings (SSSR count). The highest BCUT2D eigenvalue weighted by Crippen LogP contribution is 2.19. The summed E-state index contributed by atoms with van der Waals surface area (Å²) >= 11 is 0. The van der Waals surface area contributed by atoms with E-state index in [9.17, 15) is 34.2 Å². The number of ether oxygens (including phenoxy) is 5. The maximum atomic E-state index is 11.6. The van der Waals surface area contributed by atoms with Crippen LogP contribution in [-0.2, 0) is 47.7 Å². The SMILES string of the molecule is C.CCC(CO)OC(=O)CCCCCCC/C=C/CCCCCCO.CCC(CO)OC(=O)CCCCCCC/C=C\CCCCCCO.CCC(CO)OC(=O)CCCCCCCC(O)C(O)CCCCCCO.CCCCCC/C=C/CCCCCCCC(=O)OC(CC)CO.CCCCCC/C=C\CCCCCCCC(=O)OC(CC)CO. The van der Waals surface area contributed by atoms with Gasteiger partial charge in [0.2, 0.25) is 0 Å². The van der Waals surface area contributed by atoms with Crippen LogP contribution in [0.15, 0.2) is 48.6 Å². The van der Waals surface area contributed by atoms with E-state index in [4.69, 9.17) is 64.5 Å². The molecule has 0 aromatic carbocycles. The van der Waals surface area contributed by atoms with E-state index in [2.05, 4.69) is 62.5 Å². The Balaban J connectivity index is -0.000000341. The molecule has 0 amide bonds. The molecular formula is C101H196O20. The molecule has 0 aromatic heterocycles. The van der Waals surface area contributed by atoms with Gasteiger partial charge in [-0.05, 0) is 199 Å². The van der Waals surface area contributed by atoms with Crippen molar-refractivity contribution in [2.75, 3.05) is 52.9 Å². The van der Waals surface area contributed by atoms with Crippen molar-refractivity contribution in [3.05, 3.63) is 48.6 Å². The van der Waals surface area contributed by atoms with E-state index in [-0.39, 0.29) is 107 Å². The first-order valence-electron chi connectivity index (χ1n) is 49.3. The first kappa shape index (κ1) is 128. The number of carbonyl (C=O) groups is 5. The lowest BCUT2D eigenvalue weighted by atomic mass is 10.00. The molecule has 0 saturated heterocycles. The third kappa shape index (κ3) is 106. The minimum Gasteiger partial charge on any atom is -0.460 e. The van der Waals surface area contributed by atoms with Gasteiger partial charge in [-0.1, -0.05) is 291 Å². The second kappa shape index (κ2) is 110. The highest BCUT2D eigenvalue weighted by Gasteiger charge is 2.18. The quantitative estimate of drug-likeness (QED) is 0.0117. The van der Waals surface area contributed by atoms with Gasteiger partial charge in [-0.15, -0.1) is 0 Å². The van der Waals surface area contributed by atoms with Crippen LogP contribution in [0.4, 0.5) is 0 Å². The molecule has 20 heteroatoms. The van der Waals surface area contributed by atoms with Crippen molar-refractivity contribution in [3.8, 4) is 0 Å². The van der Waals surface area contributed by atoms with Crippen molar-refractivity contribution in [2.45, 2.75) is 516 Å². The Labute approximate surface area is 742 Å². The van der Waals surface area contributed by atoms with Crippen molar-refractivity contribution < 1.29 is 98.7 Å². The van der Waals surface area contributed by atoms with Crippen molar-refractivity contribution in [3.63, 3.8) is 0 Å². The fraction of sp³-hybridized carbons (Fsp3) is 0.871. The molecule has 0 aliphatic heterocycles. The summed E-state index contributed by atoms with van der Waals surface area (Å²) in [5, 5.41) is 90.8. The van der Waals surface area contributed by atoms with Crippen LogP contribution in [0.3, 0.4) is 0 Å². The van der Waals surface area contributed by atoms with Crippen LogP contribution >= 0.6 is 0 Å². The maximum absolute atomic E-state index is 11.6. The zero-order chi connectivity index (χ0) is 89.7.